The van der Waals surface area contributed by atoms with Crippen LogP contribution >= 0.6 is 15.9 Å². The normalized spacial score (nSPS) is 16.2. The zero-order valence-electron chi connectivity index (χ0n) is 9.58. The molecule has 17 heavy (non-hydrogen) atoms. The van der Waals surface area contributed by atoms with Gasteiger partial charge in [-0.1, -0.05) is 15.9 Å². The van der Waals surface area contributed by atoms with Crippen molar-refractivity contribution < 1.29 is 14.6 Å². The first-order chi connectivity index (χ1) is 8.05. The van der Waals surface area contributed by atoms with Crippen LogP contribution in [0.25, 0.3) is 0 Å². The molecule has 1 N–H and O–H groups in total. The van der Waals surface area contributed by atoms with E-state index in [9.17, 15) is 9.90 Å². The van der Waals surface area contributed by atoms with E-state index in [0.717, 1.165) is 22.9 Å². The number of ether oxygens (including phenoxy) is 1. The van der Waals surface area contributed by atoms with Gasteiger partial charge in [-0.25, -0.2) is 4.79 Å². The maximum Gasteiger partial charge on any atom is 0.235 e. The molecular weight excluding hydrogens is 286 g/mol. The van der Waals surface area contributed by atoms with Crippen molar-refractivity contribution >= 4 is 22.0 Å². The van der Waals surface area contributed by atoms with Gasteiger partial charge in [0.1, 0.15) is 5.54 Å². The lowest BCUT2D eigenvalue weighted by molar-refractivity contribution is 0.367. The van der Waals surface area contributed by atoms with Gasteiger partial charge in [-0.2, -0.15) is 4.99 Å². The minimum atomic E-state index is -0.604. The van der Waals surface area contributed by atoms with E-state index in [1.807, 2.05) is 6.92 Å². The largest absolute Gasteiger partial charge is 0.504 e. The fraction of sp³-hybridized carbons (Fsp3) is 0.417. The second-order valence-electron chi connectivity index (χ2n) is 4.14. The predicted molar refractivity (Wildman–Crippen MR) is 66.1 cm³/mol. The molecule has 4 nitrogen and oxygen atoms in total. The van der Waals surface area contributed by atoms with E-state index in [2.05, 4.69) is 20.9 Å². The van der Waals surface area contributed by atoms with Crippen LogP contribution in [0.15, 0.2) is 15.5 Å². The van der Waals surface area contributed by atoms with Crippen molar-refractivity contribution in [2.75, 3.05) is 7.11 Å². The van der Waals surface area contributed by atoms with Gasteiger partial charge in [-0.15, -0.1) is 0 Å². The van der Waals surface area contributed by atoms with Crippen LogP contribution in [-0.2, 0) is 10.3 Å². The molecule has 1 saturated carbocycles. The highest BCUT2D eigenvalue weighted by Crippen LogP contribution is 2.56. The Morgan fingerprint density at radius 2 is 2.24 bits per heavy atom. The molecular formula is C12H12BrNO3. The summed E-state index contributed by atoms with van der Waals surface area (Å²) < 4.78 is 5.93. The summed E-state index contributed by atoms with van der Waals surface area (Å²) in [5, 5.41) is 10.2. The molecule has 0 heterocycles. The lowest BCUT2D eigenvalue weighted by atomic mass is 9.98. The van der Waals surface area contributed by atoms with Gasteiger partial charge >= 0.3 is 0 Å². The third-order valence-electron chi connectivity index (χ3n) is 3.13. The van der Waals surface area contributed by atoms with Gasteiger partial charge in [-0.3, -0.25) is 0 Å². The highest BCUT2D eigenvalue weighted by atomic mass is 79.9. The predicted octanol–water partition coefficient (Wildman–Crippen LogP) is 2.80. The summed E-state index contributed by atoms with van der Waals surface area (Å²) in [6.45, 7) is 1.87. The molecule has 0 bridgehead atoms. The second-order valence-corrected chi connectivity index (χ2v) is 5.00. The number of halogens is 1. The molecule has 0 aromatic heterocycles. The number of aliphatic imine (C=N–C) groups is 1. The standard InChI is InChI=1S/C12H12BrNO3/c1-7-8(13)5-9(17-2)11(16)10(7)12(3-4-12)14-6-15/h5,16H,3-4H2,1-2H3. The molecule has 0 radical (unpaired) electrons. The molecule has 90 valence electrons. The van der Waals surface area contributed by atoms with Gasteiger partial charge < -0.3 is 9.84 Å². The van der Waals surface area contributed by atoms with Gasteiger partial charge in [0.15, 0.2) is 11.5 Å². The van der Waals surface area contributed by atoms with Crippen LogP contribution in [0.1, 0.15) is 24.0 Å². The first kappa shape index (κ1) is 12.1. The average Bonchev–Trinajstić information content (AvgIpc) is 3.05. The van der Waals surface area contributed by atoms with E-state index in [4.69, 9.17) is 4.74 Å². The van der Waals surface area contributed by atoms with E-state index in [-0.39, 0.29) is 5.75 Å². The van der Waals surface area contributed by atoms with Crippen LogP contribution in [0.5, 0.6) is 11.5 Å². The van der Waals surface area contributed by atoms with E-state index in [0.29, 0.717) is 11.3 Å². The molecule has 1 aromatic carbocycles. The van der Waals surface area contributed by atoms with Crippen molar-refractivity contribution in [3.05, 3.63) is 21.7 Å². The van der Waals surface area contributed by atoms with E-state index >= 15 is 0 Å². The molecule has 1 aromatic rings. The molecule has 1 aliphatic carbocycles. The summed E-state index contributed by atoms with van der Waals surface area (Å²) in [6.07, 6.45) is 3.08. The molecule has 0 aliphatic heterocycles. The van der Waals surface area contributed by atoms with Crippen LogP contribution in [-0.4, -0.2) is 18.3 Å². The SMILES string of the molecule is COc1cc(Br)c(C)c(C2(N=C=O)CC2)c1O. The smallest absolute Gasteiger partial charge is 0.235 e. The minimum Gasteiger partial charge on any atom is -0.504 e. The number of nitrogens with zero attached hydrogens (tertiary/aromatic N) is 1. The number of phenolic OH excluding ortho intramolecular Hbond substituents is 1. The number of methoxy groups -OCH3 is 1. The Balaban J connectivity index is 2.68. The third kappa shape index (κ3) is 1.85. The first-order valence-corrected chi connectivity index (χ1v) is 6.00. The van der Waals surface area contributed by atoms with Crippen molar-refractivity contribution in [1.29, 1.82) is 0 Å². The van der Waals surface area contributed by atoms with E-state index in [1.165, 1.54) is 7.11 Å². The number of carbonyl (C=O) groups excluding carboxylic acids is 1. The van der Waals surface area contributed by atoms with Gasteiger partial charge in [0.05, 0.1) is 7.11 Å². The lowest BCUT2D eigenvalue weighted by Gasteiger charge is -2.17. The number of rotatable bonds is 3. The summed E-state index contributed by atoms with van der Waals surface area (Å²) in [5.41, 5.74) is 0.930. The zero-order chi connectivity index (χ0) is 12.6. The van der Waals surface area contributed by atoms with Gasteiger partial charge in [0.25, 0.3) is 0 Å². The molecule has 2 rings (SSSR count). The molecule has 5 heteroatoms. The number of benzene rings is 1. The molecule has 0 unspecified atom stereocenters. The highest BCUT2D eigenvalue weighted by Gasteiger charge is 2.48. The minimum absolute atomic E-state index is 0.0599. The monoisotopic (exact) mass is 297 g/mol. The third-order valence-corrected chi connectivity index (χ3v) is 3.95. The molecule has 1 aliphatic rings. The topological polar surface area (TPSA) is 58.9 Å². The van der Waals surface area contributed by atoms with E-state index in [1.54, 1.807) is 12.1 Å². The first-order valence-electron chi connectivity index (χ1n) is 5.21. The second kappa shape index (κ2) is 4.17. The Kier molecular flexibility index (Phi) is 2.98. The molecule has 0 saturated heterocycles. The van der Waals surface area contributed by atoms with Gasteiger partial charge in [0, 0.05) is 10.0 Å². The van der Waals surface area contributed by atoms with Crippen molar-refractivity contribution in [1.82, 2.24) is 0 Å². The lowest BCUT2D eigenvalue weighted by Crippen LogP contribution is -2.07. The Bertz CT molecular complexity index is 517. The zero-order valence-corrected chi connectivity index (χ0v) is 11.2. The maximum absolute atomic E-state index is 10.5. The van der Waals surface area contributed by atoms with Gasteiger partial charge in [-0.05, 0) is 31.4 Å². The average molecular weight is 298 g/mol. The fourth-order valence-electron chi connectivity index (χ4n) is 2.06. The Labute approximate surface area is 107 Å². The molecule has 1 fully saturated rings. The van der Waals surface area contributed by atoms with Gasteiger partial charge in [0.2, 0.25) is 6.08 Å². The number of isocyanates is 1. The molecule has 0 amide bonds. The Hall–Kier alpha value is -1.32. The van der Waals surface area contributed by atoms with Crippen LogP contribution in [0.4, 0.5) is 0 Å². The van der Waals surface area contributed by atoms with Crippen molar-refractivity contribution in [2.45, 2.75) is 25.3 Å². The fourth-order valence-corrected chi connectivity index (χ4v) is 2.47. The maximum atomic E-state index is 10.5. The summed E-state index contributed by atoms with van der Waals surface area (Å²) in [4.78, 5) is 14.3. The number of aromatic hydroxyl groups is 1. The van der Waals surface area contributed by atoms with Crippen LogP contribution < -0.4 is 4.74 Å². The van der Waals surface area contributed by atoms with Crippen molar-refractivity contribution in [3.8, 4) is 11.5 Å². The number of hydrogen-bond acceptors (Lipinski definition) is 4. The van der Waals surface area contributed by atoms with Crippen molar-refractivity contribution in [3.63, 3.8) is 0 Å². The molecule has 0 atom stereocenters. The number of phenols is 1. The summed E-state index contributed by atoms with van der Waals surface area (Å²) in [6, 6.07) is 1.70. The quantitative estimate of drug-likeness (QED) is 0.689. The Morgan fingerprint density at radius 3 is 2.71 bits per heavy atom. The Morgan fingerprint density at radius 1 is 1.59 bits per heavy atom. The highest BCUT2D eigenvalue weighted by molar-refractivity contribution is 9.10. The molecule has 0 spiro atoms. The van der Waals surface area contributed by atoms with Crippen LogP contribution in [0.2, 0.25) is 0 Å². The summed E-state index contributed by atoms with van der Waals surface area (Å²) >= 11 is 3.41. The number of hydrogen-bond donors (Lipinski definition) is 1. The summed E-state index contributed by atoms with van der Waals surface area (Å²) in [7, 11) is 1.49. The van der Waals surface area contributed by atoms with Crippen LogP contribution in [0.3, 0.4) is 0 Å². The van der Waals surface area contributed by atoms with E-state index < -0.39 is 5.54 Å². The van der Waals surface area contributed by atoms with Crippen LogP contribution in [0, 0.1) is 6.92 Å². The van der Waals surface area contributed by atoms with Crippen molar-refractivity contribution in [2.24, 2.45) is 4.99 Å². The summed E-state index contributed by atoms with van der Waals surface area (Å²) in [5.74, 6) is 0.439.